The number of aromatic nitrogens is 2. The highest BCUT2D eigenvalue weighted by Crippen LogP contribution is 2.28. The zero-order valence-corrected chi connectivity index (χ0v) is 28.4. The number of nitrogen functional groups attached to an aromatic ring is 1. The van der Waals surface area contributed by atoms with Gasteiger partial charge in [-0.15, -0.1) is 0 Å². The van der Waals surface area contributed by atoms with E-state index >= 15 is 0 Å². The Bertz CT molecular complexity index is 2160. The lowest BCUT2D eigenvalue weighted by Gasteiger charge is -2.33. The minimum absolute atomic E-state index is 0.0174. The van der Waals surface area contributed by atoms with Crippen molar-refractivity contribution >= 4 is 45.0 Å². The molecular weight excluding hydrogens is 621 g/mol. The van der Waals surface area contributed by atoms with Gasteiger partial charge in [-0.3, -0.25) is 19.9 Å². The number of hydrogen-bond donors (Lipinski definition) is 2. The van der Waals surface area contributed by atoms with Crippen LogP contribution < -0.4 is 10.6 Å². The van der Waals surface area contributed by atoms with E-state index in [1.165, 1.54) is 0 Å². The molecule has 50 heavy (non-hydrogen) atoms. The first-order valence-electron chi connectivity index (χ1n) is 17.3. The van der Waals surface area contributed by atoms with Gasteiger partial charge in [0.1, 0.15) is 11.7 Å². The SMILES string of the molecule is Cn1c(CCc2ccc(C(=N)N)cc2)nc2cc(N(Cc3cccc4ccccc34)C(=O)CN3CCC(C(=O)c4ccccc4)CC3)ccc21. The van der Waals surface area contributed by atoms with Gasteiger partial charge in [0.2, 0.25) is 5.91 Å². The molecule has 8 nitrogen and oxygen atoms in total. The Labute approximate surface area is 292 Å². The molecule has 0 aliphatic carbocycles. The normalized spacial score (nSPS) is 13.9. The fourth-order valence-electron chi connectivity index (χ4n) is 7.13. The Morgan fingerprint density at radius 1 is 0.840 bits per heavy atom. The van der Waals surface area contributed by atoms with Crippen molar-refractivity contribution in [2.45, 2.75) is 32.2 Å². The minimum Gasteiger partial charge on any atom is -0.384 e. The summed E-state index contributed by atoms with van der Waals surface area (Å²) in [6.07, 6.45) is 3.05. The van der Waals surface area contributed by atoms with Gasteiger partial charge in [-0.2, -0.15) is 0 Å². The Kier molecular flexibility index (Phi) is 9.54. The first kappa shape index (κ1) is 32.9. The Morgan fingerprint density at radius 2 is 1.56 bits per heavy atom. The lowest BCUT2D eigenvalue weighted by atomic mass is 9.89. The number of nitrogens with zero attached hydrogens (tertiary/aromatic N) is 4. The Balaban J connectivity index is 1.12. The molecule has 2 heterocycles. The highest BCUT2D eigenvalue weighted by Gasteiger charge is 2.28. The zero-order valence-electron chi connectivity index (χ0n) is 28.4. The molecule has 8 heteroatoms. The average Bonchev–Trinajstić information content (AvgIpc) is 3.47. The number of ketones is 1. The van der Waals surface area contributed by atoms with Gasteiger partial charge < -0.3 is 15.2 Å². The number of carbonyl (C=O) groups is 2. The summed E-state index contributed by atoms with van der Waals surface area (Å²) >= 11 is 0. The molecule has 0 saturated carbocycles. The molecule has 1 fully saturated rings. The van der Waals surface area contributed by atoms with E-state index in [4.69, 9.17) is 16.1 Å². The molecular formula is C42H42N6O2. The predicted octanol–water partition coefficient (Wildman–Crippen LogP) is 6.92. The van der Waals surface area contributed by atoms with E-state index in [0.717, 1.165) is 75.7 Å². The summed E-state index contributed by atoms with van der Waals surface area (Å²) in [5, 5.41) is 9.92. The van der Waals surface area contributed by atoms with Crippen LogP contribution in [0.1, 0.15) is 45.7 Å². The molecule has 1 aliphatic rings. The lowest BCUT2D eigenvalue weighted by molar-refractivity contribution is -0.120. The van der Waals surface area contributed by atoms with Crippen LogP contribution >= 0.6 is 0 Å². The monoisotopic (exact) mass is 662 g/mol. The third-order valence-electron chi connectivity index (χ3n) is 10.1. The largest absolute Gasteiger partial charge is 0.384 e. The Hall–Kier alpha value is -5.60. The summed E-state index contributed by atoms with van der Waals surface area (Å²) < 4.78 is 2.13. The van der Waals surface area contributed by atoms with Crippen LogP contribution in [0, 0.1) is 11.3 Å². The number of Topliss-reactive ketones (excluding diaryl/α,β-unsaturated/α-hetero) is 1. The number of fused-ring (bicyclic) bond motifs is 2. The third-order valence-corrected chi connectivity index (χ3v) is 10.1. The molecule has 0 unspecified atom stereocenters. The third kappa shape index (κ3) is 7.07. The summed E-state index contributed by atoms with van der Waals surface area (Å²) in [5.41, 5.74) is 12.0. The minimum atomic E-state index is -0.0174. The molecule has 7 rings (SSSR count). The summed E-state index contributed by atoms with van der Waals surface area (Å²) in [7, 11) is 2.04. The molecule has 6 aromatic rings. The molecule has 0 spiro atoms. The maximum absolute atomic E-state index is 14.3. The van der Waals surface area contributed by atoms with Gasteiger partial charge in [0.15, 0.2) is 5.78 Å². The topological polar surface area (TPSA) is 108 Å². The van der Waals surface area contributed by atoms with Gasteiger partial charge in [0.05, 0.1) is 24.1 Å². The number of benzene rings is 5. The zero-order chi connectivity index (χ0) is 34.6. The van der Waals surface area contributed by atoms with E-state index in [1.54, 1.807) is 0 Å². The van der Waals surface area contributed by atoms with Gasteiger partial charge in [0, 0.05) is 36.2 Å². The number of nitrogens with one attached hydrogen (secondary N) is 1. The van der Waals surface area contributed by atoms with Crippen molar-refractivity contribution in [2.24, 2.45) is 18.7 Å². The highest BCUT2D eigenvalue weighted by molar-refractivity contribution is 5.99. The van der Waals surface area contributed by atoms with E-state index in [2.05, 4.69) is 45.9 Å². The number of carbonyl (C=O) groups excluding carboxylic acids is 2. The quantitative estimate of drug-likeness (QED) is 0.0890. The Morgan fingerprint density at radius 3 is 2.32 bits per heavy atom. The lowest BCUT2D eigenvalue weighted by Crippen LogP contribution is -2.44. The molecule has 0 bridgehead atoms. The number of imidazole rings is 1. The summed E-state index contributed by atoms with van der Waals surface area (Å²) in [4.78, 5) is 36.5. The molecule has 5 aromatic carbocycles. The van der Waals surface area contributed by atoms with Crippen molar-refractivity contribution in [3.05, 3.63) is 143 Å². The van der Waals surface area contributed by atoms with Crippen molar-refractivity contribution < 1.29 is 9.59 Å². The van der Waals surface area contributed by atoms with Crippen LogP contribution in [0.2, 0.25) is 0 Å². The number of amidine groups is 1. The van der Waals surface area contributed by atoms with Crippen LogP contribution in [0.4, 0.5) is 5.69 Å². The van der Waals surface area contributed by atoms with Crippen molar-refractivity contribution in [1.29, 1.82) is 5.41 Å². The second kappa shape index (κ2) is 14.5. The fraction of sp³-hybridized carbons (Fsp3) is 0.238. The van der Waals surface area contributed by atoms with Crippen LogP contribution in [0.5, 0.6) is 0 Å². The molecule has 252 valence electrons. The molecule has 0 radical (unpaired) electrons. The van der Waals surface area contributed by atoms with Gasteiger partial charge >= 0.3 is 0 Å². The number of amides is 1. The van der Waals surface area contributed by atoms with Gasteiger partial charge in [-0.05, 0) is 72.5 Å². The molecule has 3 N–H and O–H groups in total. The van der Waals surface area contributed by atoms with Gasteiger partial charge in [-0.25, -0.2) is 4.98 Å². The average molecular weight is 663 g/mol. The second-order valence-corrected chi connectivity index (χ2v) is 13.3. The summed E-state index contributed by atoms with van der Waals surface area (Å²) in [6, 6.07) is 38.0. The molecule has 1 amide bonds. The van der Waals surface area contributed by atoms with E-state index in [-0.39, 0.29) is 30.0 Å². The number of rotatable bonds is 11. The molecule has 1 saturated heterocycles. The summed E-state index contributed by atoms with van der Waals surface area (Å²) in [6.45, 7) is 2.13. The van der Waals surface area contributed by atoms with Crippen molar-refractivity contribution in [2.75, 3.05) is 24.5 Å². The number of aryl methyl sites for hydroxylation is 3. The van der Waals surface area contributed by atoms with Crippen LogP contribution in [0.3, 0.4) is 0 Å². The van der Waals surface area contributed by atoms with E-state index < -0.39 is 0 Å². The standard InChI is InChI=1S/C42H42N6O2/c1-46-38-20-19-35(26-37(38)45-39(46)21-16-29-14-17-33(18-15-29)42(43)44)48(27-34-12-7-11-30-8-5-6-13-36(30)34)40(49)28-47-24-22-32(23-25-47)41(50)31-9-3-2-4-10-31/h2-15,17-20,26,32H,16,21-25,27-28H2,1H3,(H3,43,44). The van der Waals surface area contributed by atoms with Gasteiger partial charge in [-0.1, -0.05) is 97.1 Å². The van der Waals surface area contributed by atoms with Crippen molar-refractivity contribution in [3.8, 4) is 0 Å². The van der Waals surface area contributed by atoms with Crippen molar-refractivity contribution in [3.63, 3.8) is 0 Å². The van der Waals surface area contributed by atoms with E-state index in [9.17, 15) is 9.59 Å². The second-order valence-electron chi connectivity index (χ2n) is 13.3. The number of likely N-dealkylation sites (tertiary alicyclic amines) is 1. The molecule has 1 aromatic heterocycles. The van der Waals surface area contributed by atoms with Crippen LogP contribution in [0.15, 0.2) is 115 Å². The van der Waals surface area contributed by atoms with Gasteiger partial charge in [0.25, 0.3) is 0 Å². The maximum atomic E-state index is 14.3. The van der Waals surface area contributed by atoms with Crippen molar-refractivity contribution in [1.82, 2.24) is 14.5 Å². The van der Waals surface area contributed by atoms with Crippen LogP contribution in [-0.4, -0.2) is 51.6 Å². The fourth-order valence-corrected chi connectivity index (χ4v) is 7.13. The number of hydrogen-bond acceptors (Lipinski definition) is 5. The first-order chi connectivity index (χ1) is 24.3. The number of nitrogens with two attached hydrogens (primary N) is 1. The van der Waals surface area contributed by atoms with E-state index in [0.29, 0.717) is 25.2 Å². The van der Waals surface area contributed by atoms with Crippen LogP contribution in [-0.2, 0) is 31.2 Å². The number of piperidine rings is 1. The highest BCUT2D eigenvalue weighted by atomic mass is 16.2. The maximum Gasteiger partial charge on any atom is 0.241 e. The van der Waals surface area contributed by atoms with Crippen LogP contribution in [0.25, 0.3) is 21.8 Å². The number of anilines is 1. The van der Waals surface area contributed by atoms with E-state index in [1.807, 2.05) is 90.8 Å². The smallest absolute Gasteiger partial charge is 0.241 e. The predicted molar refractivity (Wildman–Crippen MR) is 201 cm³/mol. The molecule has 1 aliphatic heterocycles. The summed E-state index contributed by atoms with van der Waals surface area (Å²) in [5.74, 6) is 1.23. The first-order valence-corrected chi connectivity index (χ1v) is 17.3. The molecule has 0 atom stereocenters.